The first-order valence-electron chi connectivity index (χ1n) is 7.53. The van der Waals surface area contributed by atoms with Crippen molar-refractivity contribution in [3.8, 4) is 0 Å². The third-order valence-corrected chi connectivity index (χ3v) is 4.24. The molecule has 2 heteroatoms. The molecule has 0 heterocycles. The number of Topliss-reactive ketones (excluding diaryl/α,β-unsaturated/α-hetero) is 1. The van der Waals surface area contributed by atoms with Crippen molar-refractivity contribution in [1.82, 2.24) is 4.90 Å². The van der Waals surface area contributed by atoms with E-state index in [4.69, 9.17) is 0 Å². The summed E-state index contributed by atoms with van der Waals surface area (Å²) in [5, 5.41) is 0. The molecule has 102 valence electrons. The molecular weight excluding hydrogens is 234 g/mol. The molecule has 0 unspecified atom stereocenters. The van der Waals surface area contributed by atoms with Crippen molar-refractivity contribution in [2.24, 2.45) is 11.8 Å². The van der Waals surface area contributed by atoms with E-state index in [1.54, 1.807) is 0 Å². The van der Waals surface area contributed by atoms with E-state index in [1.165, 1.54) is 25.7 Å². The van der Waals surface area contributed by atoms with E-state index in [-0.39, 0.29) is 0 Å². The molecule has 0 N–H and O–H groups in total. The predicted molar refractivity (Wildman–Crippen MR) is 77.4 cm³/mol. The second-order valence-electron chi connectivity index (χ2n) is 6.32. The Morgan fingerprint density at radius 2 is 1.68 bits per heavy atom. The highest BCUT2D eigenvalue weighted by molar-refractivity contribution is 5.98. The van der Waals surface area contributed by atoms with Crippen molar-refractivity contribution < 1.29 is 4.79 Å². The fourth-order valence-electron chi connectivity index (χ4n) is 2.71. The van der Waals surface area contributed by atoms with Crippen molar-refractivity contribution in [2.45, 2.75) is 32.6 Å². The number of carbonyl (C=O) groups excluding carboxylic acids is 1. The van der Waals surface area contributed by atoms with E-state index in [0.717, 1.165) is 36.1 Å². The van der Waals surface area contributed by atoms with Crippen LogP contribution in [0.1, 0.15) is 41.6 Å². The summed E-state index contributed by atoms with van der Waals surface area (Å²) in [5.74, 6) is 2.02. The zero-order chi connectivity index (χ0) is 13.2. The monoisotopic (exact) mass is 257 g/mol. The third kappa shape index (κ3) is 3.66. The fourth-order valence-corrected chi connectivity index (χ4v) is 2.71. The molecule has 2 nitrogen and oxygen atoms in total. The van der Waals surface area contributed by atoms with Gasteiger partial charge in [-0.25, -0.2) is 0 Å². The Hall–Kier alpha value is -1.15. The number of aryl methyl sites for hydroxylation is 1. The number of rotatable bonds is 7. The molecule has 0 spiro atoms. The summed E-state index contributed by atoms with van der Waals surface area (Å²) in [5.41, 5.74) is 2.00. The summed E-state index contributed by atoms with van der Waals surface area (Å²) in [4.78, 5) is 14.8. The van der Waals surface area contributed by atoms with Crippen molar-refractivity contribution >= 4 is 5.78 Å². The molecule has 0 amide bonds. The van der Waals surface area contributed by atoms with Crippen LogP contribution >= 0.6 is 0 Å². The van der Waals surface area contributed by atoms with Gasteiger partial charge in [0.25, 0.3) is 0 Å². The summed E-state index contributed by atoms with van der Waals surface area (Å²) < 4.78 is 0. The van der Waals surface area contributed by atoms with E-state index in [2.05, 4.69) is 4.90 Å². The lowest BCUT2D eigenvalue weighted by atomic mass is 10.0. The Morgan fingerprint density at radius 3 is 2.21 bits per heavy atom. The average Bonchev–Trinajstić information content (AvgIpc) is 3.25. The predicted octanol–water partition coefficient (Wildman–Crippen LogP) is 3.30. The summed E-state index contributed by atoms with van der Waals surface area (Å²) in [6, 6.07) is 7.95. The number of carbonyl (C=O) groups is 1. The van der Waals surface area contributed by atoms with Gasteiger partial charge in [0, 0.05) is 18.7 Å². The molecule has 3 rings (SSSR count). The SMILES string of the molecule is Cc1ccccc1C(=O)CN(CC1CC1)CC1CC1. The maximum Gasteiger partial charge on any atom is 0.177 e. The number of nitrogens with zero attached hydrogens (tertiary/aromatic N) is 1. The van der Waals surface area contributed by atoms with E-state index >= 15 is 0 Å². The average molecular weight is 257 g/mol. The minimum Gasteiger partial charge on any atom is -0.295 e. The van der Waals surface area contributed by atoms with Gasteiger partial charge in [0.05, 0.1) is 6.54 Å². The first-order valence-corrected chi connectivity index (χ1v) is 7.53. The Labute approximate surface area is 115 Å². The van der Waals surface area contributed by atoms with Crippen LogP contribution in [0.2, 0.25) is 0 Å². The van der Waals surface area contributed by atoms with Crippen LogP contribution in [0.3, 0.4) is 0 Å². The van der Waals surface area contributed by atoms with Crippen LogP contribution in [-0.4, -0.2) is 30.3 Å². The molecule has 0 aliphatic heterocycles. The highest BCUT2D eigenvalue weighted by Crippen LogP contribution is 2.33. The topological polar surface area (TPSA) is 20.3 Å². The van der Waals surface area contributed by atoms with Gasteiger partial charge in [0.2, 0.25) is 0 Å². The molecule has 1 aromatic rings. The van der Waals surface area contributed by atoms with Crippen LogP contribution in [0.25, 0.3) is 0 Å². The van der Waals surface area contributed by atoms with Crippen molar-refractivity contribution in [3.05, 3.63) is 35.4 Å². The second-order valence-corrected chi connectivity index (χ2v) is 6.32. The van der Waals surface area contributed by atoms with Gasteiger partial charge in [-0.3, -0.25) is 9.69 Å². The quantitative estimate of drug-likeness (QED) is 0.699. The van der Waals surface area contributed by atoms with Gasteiger partial charge >= 0.3 is 0 Å². The summed E-state index contributed by atoms with van der Waals surface area (Å²) in [6.07, 6.45) is 5.44. The molecule has 0 aromatic heterocycles. The van der Waals surface area contributed by atoms with Crippen LogP contribution in [0.5, 0.6) is 0 Å². The lowest BCUT2D eigenvalue weighted by Crippen LogP contribution is -2.33. The van der Waals surface area contributed by atoms with Crippen LogP contribution in [0, 0.1) is 18.8 Å². The number of ketones is 1. The molecule has 2 aliphatic rings. The lowest BCUT2D eigenvalue weighted by molar-refractivity contribution is 0.0923. The molecule has 0 saturated heterocycles. The third-order valence-electron chi connectivity index (χ3n) is 4.24. The Balaban J connectivity index is 1.62. The van der Waals surface area contributed by atoms with E-state index in [1.807, 2.05) is 31.2 Å². The molecule has 2 saturated carbocycles. The molecule has 0 atom stereocenters. The molecule has 1 aromatic carbocycles. The van der Waals surface area contributed by atoms with E-state index < -0.39 is 0 Å². The Kier molecular flexibility index (Phi) is 3.69. The van der Waals surface area contributed by atoms with Gasteiger partial charge in [-0.05, 0) is 50.0 Å². The zero-order valence-corrected chi connectivity index (χ0v) is 11.8. The van der Waals surface area contributed by atoms with Gasteiger partial charge < -0.3 is 0 Å². The van der Waals surface area contributed by atoms with Gasteiger partial charge in [-0.15, -0.1) is 0 Å². The smallest absolute Gasteiger partial charge is 0.177 e. The first-order chi connectivity index (χ1) is 9.22. The highest BCUT2D eigenvalue weighted by atomic mass is 16.1. The summed E-state index contributed by atoms with van der Waals surface area (Å²) in [6.45, 7) is 4.90. The molecular formula is C17H23NO. The molecule has 2 fully saturated rings. The minimum absolute atomic E-state index is 0.291. The van der Waals surface area contributed by atoms with Gasteiger partial charge in [0.15, 0.2) is 5.78 Å². The Bertz CT molecular complexity index is 446. The van der Waals surface area contributed by atoms with E-state index in [0.29, 0.717) is 12.3 Å². The Morgan fingerprint density at radius 1 is 1.11 bits per heavy atom. The molecule has 0 radical (unpaired) electrons. The standard InChI is InChI=1S/C17H23NO/c1-13-4-2-3-5-16(13)17(19)12-18(10-14-6-7-14)11-15-8-9-15/h2-5,14-15H,6-12H2,1H3. The van der Waals surface area contributed by atoms with Crippen LogP contribution in [-0.2, 0) is 0 Å². The molecule has 19 heavy (non-hydrogen) atoms. The minimum atomic E-state index is 0.291. The fraction of sp³-hybridized carbons (Fsp3) is 0.588. The largest absolute Gasteiger partial charge is 0.295 e. The zero-order valence-electron chi connectivity index (χ0n) is 11.8. The number of hydrogen-bond donors (Lipinski definition) is 0. The van der Waals surface area contributed by atoms with Crippen molar-refractivity contribution in [2.75, 3.05) is 19.6 Å². The highest BCUT2D eigenvalue weighted by Gasteiger charge is 2.30. The van der Waals surface area contributed by atoms with Crippen molar-refractivity contribution in [1.29, 1.82) is 0 Å². The van der Waals surface area contributed by atoms with Gasteiger partial charge in [-0.1, -0.05) is 24.3 Å². The second kappa shape index (κ2) is 5.46. The maximum absolute atomic E-state index is 12.4. The number of benzene rings is 1. The first kappa shape index (κ1) is 12.9. The molecule has 2 aliphatic carbocycles. The molecule has 0 bridgehead atoms. The van der Waals surface area contributed by atoms with Crippen LogP contribution in [0.15, 0.2) is 24.3 Å². The number of hydrogen-bond acceptors (Lipinski definition) is 2. The van der Waals surface area contributed by atoms with Crippen LogP contribution in [0.4, 0.5) is 0 Å². The lowest BCUT2D eigenvalue weighted by Gasteiger charge is -2.21. The summed E-state index contributed by atoms with van der Waals surface area (Å²) >= 11 is 0. The maximum atomic E-state index is 12.4. The summed E-state index contributed by atoms with van der Waals surface area (Å²) in [7, 11) is 0. The van der Waals surface area contributed by atoms with Gasteiger partial charge in [0.1, 0.15) is 0 Å². The van der Waals surface area contributed by atoms with Crippen molar-refractivity contribution in [3.63, 3.8) is 0 Å². The normalized spacial score (nSPS) is 18.8. The van der Waals surface area contributed by atoms with E-state index in [9.17, 15) is 4.79 Å². The van der Waals surface area contributed by atoms with Gasteiger partial charge in [-0.2, -0.15) is 0 Å². The van der Waals surface area contributed by atoms with Crippen LogP contribution < -0.4 is 0 Å².